The Balaban J connectivity index is 1.92. The topological polar surface area (TPSA) is 88.2 Å². The first-order valence-electron chi connectivity index (χ1n) is 9.67. The average Bonchev–Trinajstić information content (AvgIpc) is 2.75. The van der Waals surface area contributed by atoms with Gasteiger partial charge in [0.1, 0.15) is 0 Å². The van der Waals surface area contributed by atoms with Crippen molar-refractivity contribution in [1.82, 2.24) is 4.31 Å². The number of amides is 1. The standard InChI is InChI=1S/C20H27N3O5S/c1-2-3-4-5-20(24)21-18-16-17(29(25,26)23-10-14-28-15-11-23)6-7-19(18)22-8-12-27-13-9-22/h2-7,16H,8-15H2,1H3,(H,21,24)/b3-2+,5-4+. The van der Waals surface area contributed by atoms with Crippen molar-refractivity contribution < 1.29 is 22.7 Å². The third-order valence-electron chi connectivity index (χ3n) is 4.74. The lowest BCUT2D eigenvalue weighted by molar-refractivity contribution is -0.111. The first-order chi connectivity index (χ1) is 14.0. The summed E-state index contributed by atoms with van der Waals surface area (Å²) in [6.45, 7) is 5.78. The molecule has 0 spiro atoms. The van der Waals surface area contributed by atoms with Gasteiger partial charge in [-0.25, -0.2) is 8.42 Å². The first kappa shape index (κ1) is 21.5. The summed E-state index contributed by atoms with van der Waals surface area (Å²) in [7, 11) is -3.66. The molecule has 2 aliphatic rings. The van der Waals surface area contributed by atoms with Crippen LogP contribution in [-0.4, -0.2) is 71.2 Å². The molecule has 2 heterocycles. The summed E-state index contributed by atoms with van der Waals surface area (Å²) in [6.07, 6.45) is 6.62. The van der Waals surface area contributed by atoms with Gasteiger partial charge in [-0.1, -0.05) is 18.2 Å². The van der Waals surface area contributed by atoms with E-state index in [1.165, 1.54) is 16.4 Å². The second-order valence-corrected chi connectivity index (χ2v) is 8.61. The molecule has 0 unspecified atom stereocenters. The molecule has 9 heteroatoms. The van der Waals surface area contributed by atoms with Gasteiger partial charge in [0, 0.05) is 32.3 Å². The number of benzene rings is 1. The van der Waals surface area contributed by atoms with Crippen molar-refractivity contribution in [3.05, 3.63) is 42.5 Å². The van der Waals surface area contributed by atoms with Crippen LogP contribution in [0.25, 0.3) is 0 Å². The fraction of sp³-hybridized carbons (Fsp3) is 0.450. The van der Waals surface area contributed by atoms with Gasteiger partial charge in [0.05, 0.1) is 42.7 Å². The molecule has 158 valence electrons. The molecule has 0 aliphatic carbocycles. The van der Waals surface area contributed by atoms with E-state index in [2.05, 4.69) is 10.2 Å². The number of nitrogens with zero attached hydrogens (tertiary/aromatic N) is 2. The van der Waals surface area contributed by atoms with Crippen molar-refractivity contribution in [3.8, 4) is 0 Å². The van der Waals surface area contributed by atoms with E-state index in [0.717, 1.165) is 5.69 Å². The molecule has 2 fully saturated rings. The normalized spacial score (nSPS) is 19.1. The molecule has 1 aromatic rings. The van der Waals surface area contributed by atoms with E-state index >= 15 is 0 Å². The number of allylic oxidation sites excluding steroid dienone is 3. The van der Waals surface area contributed by atoms with Crippen molar-refractivity contribution >= 4 is 27.3 Å². The molecule has 1 N–H and O–H groups in total. The van der Waals surface area contributed by atoms with E-state index in [9.17, 15) is 13.2 Å². The van der Waals surface area contributed by atoms with Crippen LogP contribution in [0.15, 0.2) is 47.4 Å². The highest BCUT2D eigenvalue weighted by molar-refractivity contribution is 7.89. The van der Waals surface area contributed by atoms with Crippen molar-refractivity contribution in [1.29, 1.82) is 0 Å². The van der Waals surface area contributed by atoms with E-state index < -0.39 is 10.0 Å². The lowest BCUT2D eigenvalue weighted by Crippen LogP contribution is -2.40. The van der Waals surface area contributed by atoms with Gasteiger partial charge in [0.15, 0.2) is 0 Å². The Morgan fingerprint density at radius 1 is 1.03 bits per heavy atom. The third kappa shape index (κ3) is 5.45. The van der Waals surface area contributed by atoms with Crippen LogP contribution in [-0.2, 0) is 24.3 Å². The second kappa shape index (κ2) is 10.0. The molecular formula is C20H27N3O5S. The van der Waals surface area contributed by atoms with E-state index in [1.807, 2.05) is 13.0 Å². The van der Waals surface area contributed by atoms with Crippen LogP contribution in [0.3, 0.4) is 0 Å². The average molecular weight is 422 g/mol. The Labute approximate surface area is 171 Å². The number of anilines is 2. The third-order valence-corrected chi connectivity index (χ3v) is 6.63. The minimum Gasteiger partial charge on any atom is -0.379 e. The Morgan fingerprint density at radius 2 is 1.69 bits per heavy atom. The lowest BCUT2D eigenvalue weighted by atomic mass is 10.2. The van der Waals surface area contributed by atoms with Crippen LogP contribution in [0, 0.1) is 0 Å². The summed E-state index contributed by atoms with van der Waals surface area (Å²) in [5, 5.41) is 2.83. The Hall–Kier alpha value is -2.20. The van der Waals surface area contributed by atoms with E-state index in [0.29, 0.717) is 58.3 Å². The summed E-state index contributed by atoms with van der Waals surface area (Å²) in [5.41, 5.74) is 1.25. The summed E-state index contributed by atoms with van der Waals surface area (Å²) in [5.74, 6) is -0.321. The number of nitrogens with one attached hydrogen (secondary N) is 1. The molecule has 0 bridgehead atoms. The minimum absolute atomic E-state index is 0.157. The van der Waals surface area contributed by atoms with Crippen molar-refractivity contribution in [2.45, 2.75) is 11.8 Å². The van der Waals surface area contributed by atoms with E-state index in [4.69, 9.17) is 9.47 Å². The molecule has 1 amide bonds. The fourth-order valence-corrected chi connectivity index (χ4v) is 4.65. The summed E-state index contributed by atoms with van der Waals surface area (Å²) >= 11 is 0. The molecule has 1 aromatic carbocycles. The van der Waals surface area contributed by atoms with Crippen LogP contribution >= 0.6 is 0 Å². The minimum atomic E-state index is -3.66. The van der Waals surface area contributed by atoms with Crippen LogP contribution in [0.2, 0.25) is 0 Å². The van der Waals surface area contributed by atoms with Gasteiger partial charge in [-0.2, -0.15) is 4.31 Å². The first-order valence-corrected chi connectivity index (χ1v) is 11.1. The maximum atomic E-state index is 13.0. The highest BCUT2D eigenvalue weighted by atomic mass is 32.2. The molecule has 2 aliphatic heterocycles. The van der Waals surface area contributed by atoms with E-state index in [1.54, 1.807) is 24.3 Å². The fourth-order valence-electron chi connectivity index (χ4n) is 3.22. The number of sulfonamides is 1. The molecule has 0 atom stereocenters. The molecule has 8 nitrogen and oxygen atoms in total. The van der Waals surface area contributed by atoms with Crippen LogP contribution < -0.4 is 10.2 Å². The molecular weight excluding hydrogens is 394 g/mol. The van der Waals surface area contributed by atoms with Crippen LogP contribution in [0.1, 0.15) is 6.92 Å². The second-order valence-electron chi connectivity index (χ2n) is 6.67. The molecule has 29 heavy (non-hydrogen) atoms. The quantitative estimate of drug-likeness (QED) is 0.555. The molecule has 2 saturated heterocycles. The van der Waals surface area contributed by atoms with Crippen molar-refractivity contribution in [2.75, 3.05) is 62.8 Å². The van der Waals surface area contributed by atoms with Gasteiger partial charge in [0.25, 0.3) is 0 Å². The summed E-state index contributed by atoms with van der Waals surface area (Å²) in [4.78, 5) is 14.6. The predicted molar refractivity (Wildman–Crippen MR) is 112 cm³/mol. The van der Waals surface area contributed by atoms with Gasteiger partial charge >= 0.3 is 0 Å². The maximum absolute atomic E-state index is 13.0. The number of carbonyl (C=O) groups is 1. The van der Waals surface area contributed by atoms with Crippen LogP contribution in [0.5, 0.6) is 0 Å². The molecule has 0 saturated carbocycles. The molecule has 0 radical (unpaired) electrons. The smallest absolute Gasteiger partial charge is 0.248 e. The van der Waals surface area contributed by atoms with E-state index in [-0.39, 0.29) is 10.8 Å². The largest absolute Gasteiger partial charge is 0.379 e. The summed E-state index contributed by atoms with van der Waals surface area (Å²) in [6, 6.07) is 4.89. The zero-order valence-corrected chi connectivity index (χ0v) is 17.4. The number of ether oxygens (including phenoxy) is 2. The summed E-state index contributed by atoms with van der Waals surface area (Å²) < 4.78 is 38.1. The Bertz CT molecular complexity index is 870. The number of hydrogen-bond acceptors (Lipinski definition) is 6. The van der Waals surface area contributed by atoms with Crippen LogP contribution in [0.4, 0.5) is 11.4 Å². The number of morpholine rings is 2. The zero-order valence-electron chi connectivity index (χ0n) is 16.5. The zero-order chi connectivity index (χ0) is 20.7. The Morgan fingerprint density at radius 3 is 2.34 bits per heavy atom. The van der Waals surface area contributed by atoms with Gasteiger partial charge in [-0.05, 0) is 25.1 Å². The maximum Gasteiger partial charge on any atom is 0.248 e. The monoisotopic (exact) mass is 421 g/mol. The Kier molecular flexibility index (Phi) is 7.43. The highest BCUT2D eigenvalue weighted by Gasteiger charge is 2.28. The number of carbonyl (C=O) groups excluding carboxylic acids is 1. The van der Waals surface area contributed by atoms with Gasteiger partial charge in [0.2, 0.25) is 15.9 Å². The van der Waals surface area contributed by atoms with Gasteiger partial charge < -0.3 is 19.7 Å². The van der Waals surface area contributed by atoms with Gasteiger partial charge in [-0.15, -0.1) is 0 Å². The van der Waals surface area contributed by atoms with Crippen molar-refractivity contribution in [3.63, 3.8) is 0 Å². The number of rotatable bonds is 6. The molecule has 3 rings (SSSR count). The van der Waals surface area contributed by atoms with Crippen molar-refractivity contribution in [2.24, 2.45) is 0 Å². The van der Waals surface area contributed by atoms with Gasteiger partial charge in [-0.3, -0.25) is 4.79 Å². The highest BCUT2D eigenvalue weighted by Crippen LogP contribution is 2.31. The lowest BCUT2D eigenvalue weighted by Gasteiger charge is -2.31. The predicted octanol–water partition coefficient (Wildman–Crippen LogP) is 1.61. The SMILES string of the molecule is C/C=C/C=C/C(=O)Nc1cc(S(=O)(=O)N2CCOCC2)ccc1N1CCOCC1. The molecule has 0 aromatic heterocycles. The number of hydrogen-bond donors (Lipinski definition) is 1.